The Balaban J connectivity index is 1.59. The van der Waals surface area contributed by atoms with Crippen LogP contribution in [0.25, 0.3) is 0 Å². The first-order chi connectivity index (χ1) is 10.1. The molecule has 4 heteroatoms. The van der Waals surface area contributed by atoms with Gasteiger partial charge in [-0.15, -0.1) is 11.6 Å². The smallest absolute Gasteiger partial charge is 0.122 e. The molecule has 0 aliphatic carbocycles. The highest BCUT2D eigenvalue weighted by Gasteiger charge is 2.32. The summed E-state index contributed by atoms with van der Waals surface area (Å²) >= 11 is 5.99. The van der Waals surface area contributed by atoms with Gasteiger partial charge in [0.05, 0.1) is 18.3 Å². The summed E-state index contributed by atoms with van der Waals surface area (Å²) in [5, 5.41) is 0. The number of ether oxygens (including phenoxy) is 2. The van der Waals surface area contributed by atoms with E-state index in [1.165, 1.54) is 11.1 Å². The Morgan fingerprint density at radius 1 is 1.38 bits per heavy atom. The third-order valence-electron chi connectivity index (χ3n) is 4.19. The molecule has 3 nitrogen and oxygen atoms in total. The minimum absolute atomic E-state index is 0.108. The van der Waals surface area contributed by atoms with E-state index in [-0.39, 0.29) is 11.7 Å². The lowest BCUT2D eigenvalue weighted by Crippen LogP contribution is -2.53. The van der Waals surface area contributed by atoms with Crippen LogP contribution in [0.5, 0.6) is 5.75 Å². The largest absolute Gasteiger partial charge is 0.493 e. The predicted octanol–water partition coefficient (Wildman–Crippen LogP) is 2.88. The Hall–Kier alpha value is -0.770. The zero-order chi connectivity index (χ0) is 14.9. The number of benzene rings is 1. The first-order valence-corrected chi connectivity index (χ1v) is 8.30. The van der Waals surface area contributed by atoms with Crippen molar-refractivity contribution in [3.8, 4) is 5.75 Å². The summed E-state index contributed by atoms with van der Waals surface area (Å²) in [6.45, 7) is 8.07. The zero-order valence-electron chi connectivity index (χ0n) is 12.9. The summed E-state index contributed by atoms with van der Waals surface area (Å²) in [6, 6.07) is 6.60. The molecule has 0 radical (unpaired) electrons. The van der Waals surface area contributed by atoms with Gasteiger partial charge in [-0.25, -0.2) is 0 Å². The number of alkyl halides is 1. The van der Waals surface area contributed by atoms with Crippen LogP contribution in [0, 0.1) is 0 Å². The molecule has 2 heterocycles. The number of hydrogen-bond acceptors (Lipinski definition) is 3. The lowest BCUT2D eigenvalue weighted by molar-refractivity contribution is -0.127. The third-order valence-corrected chi connectivity index (χ3v) is 4.54. The van der Waals surface area contributed by atoms with Gasteiger partial charge >= 0.3 is 0 Å². The van der Waals surface area contributed by atoms with Crippen molar-refractivity contribution >= 4 is 11.6 Å². The van der Waals surface area contributed by atoms with Crippen LogP contribution in [0.3, 0.4) is 0 Å². The summed E-state index contributed by atoms with van der Waals surface area (Å²) in [5.41, 5.74) is 2.64. The molecule has 0 spiro atoms. The van der Waals surface area contributed by atoms with Gasteiger partial charge in [-0.3, -0.25) is 4.90 Å². The Labute approximate surface area is 132 Å². The maximum Gasteiger partial charge on any atom is 0.122 e. The lowest BCUT2D eigenvalue weighted by atomic mass is 10.0. The van der Waals surface area contributed by atoms with Gasteiger partial charge < -0.3 is 9.47 Å². The Bertz CT molecular complexity index is 504. The SMILES string of the molecule is CC1(C)CN(CCc2ccc3c(c2)CCO3)CC(CCl)O1. The molecule has 0 amide bonds. The quantitative estimate of drug-likeness (QED) is 0.798. The fourth-order valence-corrected chi connectivity index (χ4v) is 3.51. The molecule has 1 fully saturated rings. The molecule has 1 saturated heterocycles. The van der Waals surface area contributed by atoms with Crippen LogP contribution in [0.2, 0.25) is 0 Å². The van der Waals surface area contributed by atoms with Crippen molar-refractivity contribution in [1.29, 1.82) is 0 Å². The fraction of sp³-hybridized carbons (Fsp3) is 0.647. The molecule has 21 heavy (non-hydrogen) atoms. The van der Waals surface area contributed by atoms with Crippen LogP contribution in [0.1, 0.15) is 25.0 Å². The lowest BCUT2D eigenvalue weighted by Gasteiger charge is -2.42. The van der Waals surface area contributed by atoms with Gasteiger partial charge in [0, 0.05) is 31.9 Å². The Morgan fingerprint density at radius 3 is 3.05 bits per heavy atom. The number of morpholine rings is 1. The average Bonchev–Trinajstić information content (AvgIpc) is 2.91. The maximum atomic E-state index is 5.99. The molecule has 0 saturated carbocycles. The van der Waals surface area contributed by atoms with Crippen molar-refractivity contribution in [3.05, 3.63) is 29.3 Å². The normalized spacial score (nSPS) is 24.6. The number of fused-ring (bicyclic) bond motifs is 1. The second-order valence-corrected chi connectivity index (χ2v) is 6.99. The van der Waals surface area contributed by atoms with E-state index < -0.39 is 0 Å². The van der Waals surface area contributed by atoms with Crippen molar-refractivity contribution in [2.24, 2.45) is 0 Å². The van der Waals surface area contributed by atoms with Gasteiger partial charge in [0.15, 0.2) is 0 Å². The second-order valence-electron chi connectivity index (χ2n) is 6.68. The molecule has 0 aromatic heterocycles. The standard InChI is InChI=1S/C17H24ClNO2/c1-17(2)12-19(11-15(10-18)21-17)7-5-13-3-4-16-14(9-13)6-8-20-16/h3-4,9,15H,5-8,10-12H2,1-2H3. The van der Waals surface area contributed by atoms with E-state index in [0.29, 0.717) is 5.88 Å². The number of halogens is 1. The summed E-state index contributed by atoms with van der Waals surface area (Å²) in [7, 11) is 0. The monoisotopic (exact) mass is 309 g/mol. The van der Waals surface area contributed by atoms with E-state index in [0.717, 1.165) is 44.8 Å². The number of rotatable bonds is 4. The Morgan fingerprint density at radius 2 is 2.24 bits per heavy atom. The number of hydrogen-bond donors (Lipinski definition) is 0. The molecular weight excluding hydrogens is 286 g/mol. The van der Waals surface area contributed by atoms with Crippen molar-refractivity contribution in [1.82, 2.24) is 4.90 Å². The molecule has 0 bridgehead atoms. The molecule has 3 rings (SSSR count). The molecule has 2 aliphatic rings. The van der Waals surface area contributed by atoms with Gasteiger partial charge in [0.25, 0.3) is 0 Å². The highest BCUT2D eigenvalue weighted by atomic mass is 35.5. The highest BCUT2D eigenvalue weighted by Crippen LogP contribution is 2.26. The summed E-state index contributed by atoms with van der Waals surface area (Å²) in [6.07, 6.45) is 2.25. The molecule has 116 valence electrons. The molecule has 1 unspecified atom stereocenters. The van der Waals surface area contributed by atoms with Gasteiger partial charge in [-0.2, -0.15) is 0 Å². The summed E-state index contributed by atoms with van der Waals surface area (Å²) in [4.78, 5) is 2.47. The fourth-order valence-electron chi connectivity index (χ4n) is 3.35. The summed E-state index contributed by atoms with van der Waals surface area (Å²) < 4.78 is 11.5. The first-order valence-electron chi connectivity index (χ1n) is 7.76. The molecule has 2 aliphatic heterocycles. The van der Waals surface area contributed by atoms with Gasteiger partial charge in [-0.1, -0.05) is 12.1 Å². The van der Waals surface area contributed by atoms with Crippen LogP contribution < -0.4 is 4.74 Å². The molecular formula is C17H24ClNO2. The number of nitrogens with zero attached hydrogens (tertiary/aromatic N) is 1. The average molecular weight is 310 g/mol. The van der Waals surface area contributed by atoms with E-state index in [2.05, 4.69) is 36.9 Å². The van der Waals surface area contributed by atoms with Crippen LogP contribution in [-0.2, 0) is 17.6 Å². The minimum Gasteiger partial charge on any atom is -0.493 e. The van der Waals surface area contributed by atoms with Gasteiger partial charge in [0.1, 0.15) is 5.75 Å². The first kappa shape index (κ1) is 15.1. The van der Waals surface area contributed by atoms with Crippen LogP contribution >= 0.6 is 11.6 Å². The third kappa shape index (κ3) is 3.71. The molecule has 0 N–H and O–H groups in total. The van der Waals surface area contributed by atoms with E-state index in [1.54, 1.807) is 0 Å². The van der Waals surface area contributed by atoms with E-state index in [4.69, 9.17) is 21.1 Å². The molecule has 1 aromatic carbocycles. The van der Waals surface area contributed by atoms with E-state index in [1.807, 2.05) is 0 Å². The topological polar surface area (TPSA) is 21.7 Å². The zero-order valence-corrected chi connectivity index (χ0v) is 13.7. The molecule has 1 atom stereocenters. The van der Waals surface area contributed by atoms with Crippen molar-refractivity contribution in [2.75, 3.05) is 32.1 Å². The maximum absolute atomic E-state index is 5.99. The highest BCUT2D eigenvalue weighted by molar-refractivity contribution is 6.18. The van der Waals surface area contributed by atoms with Crippen molar-refractivity contribution < 1.29 is 9.47 Å². The van der Waals surface area contributed by atoms with Crippen molar-refractivity contribution in [3.63, 3.8) is 0 Å². The Kier molecular flexibility index (Phi) is 4.43. The van der Waals surface area contributed by atoms with E-state index >= 15 is 0 Å². The van der Waals surface area contributed by atoms with Crippen molar-refractivity contribution in [2.45, 2.75) is 38.4 Å². The molecule has 1 aromatic rings. The van der Waals surface area contributed by atoms with E-state index in [9.17, 15) is 0 Å². The minimum atomic E-state index is -0.108. The summed E-state index contributed by atoms with van der Waals surface area (Å²) in [5.74, 6) is 1.63. The second kappa shape index (κ2) is 6.15. The predicted molar refractivity (Wildman–Crippen MR) is 85.5 cm³/mol. The van der Waals surface area contributed by atoms with Crippen LogP contribution in [0.4, 0.5) is 0 Å². The van der Waals surface area contributed by atoms with Crippen LogP contribution in [0.15, 0.2) is 18.2 Å². The van der Waals surface area contributed by atoms with Gasteiger partial charge in [-0.05, 0) is 37.5 Å². The van der Waals surface area contributed by atoms with Crippen LogP contribution in [-0.4, -0.2) is 48.7 Å². The van der Waals surface area contributed by atoms with Gasteiger partial charge in [0.2, 0.25) is 0 Å².